The maximum absolute atomic E-state index is 12.8. The molecule has 0 aromatic heterocycles. The lowest BCUT2D eigenvalue weighted by Gasteiger charge is -2.15. The lowest BCUT2D eigenvalue weighted by molar-refractivity contribution is -0.127. The Morgan fingerprint density at radius 3 is 2.35 bits per heavy atom. The van der Waals surface area contributed by atoms with E-state index in [1.165, 1.54) is 24.3 Å². The molecule has 1 unspecified atom stereocenters. The van der Waals surface area contributed by atoms with E-state index in [0.29, 0.717) is 18.9 Å². The van der Waals surface area contributed by atoms with E-state index in [-0.39, 0.29) is 11.7 Å². The maximum Gasteiger partial charge on any atom is 0.260 e. The van der Waals surface area contributed by atoms with E-state index >= 15 is 0 Å². The van der Waals surface area contributed by atoms with Crippen molar-refractivity contribution in [1.82, 2.24) is 5.32 Å². The molecule has 0 fully saturated rings. The molecule has 0 bridgehead atoms. The first-order valence-electron chi connectivity index (χ1n) is 7.44. The van der Waals surface area contributed by atoms with Crippen LogP contribution in [0.25, 0.3) is 0 Å². The molecule has 0 spiro atoms. The first-order valence-corrected chi connectivity index (χ1v) is 7.44. The van der Waals surface area contributed by atoms with Crippen LogP contribution in [-0.2, 0) is 4.79 Å². The minimum absolute atomic E-state index is 0.248. The van der Waals surface area contributed by atoms with Crippen molar-refractivity contribution >= 4 is 5.91 Å². The van der Waals surface area contributed by atoms with Gasteiger partial charge in [0.05, 0.1) is 6.54 Å². The molecule has 5 heteroatoms. The molecule has 0 aliphatic heterocycles. The molecule has 23 heavy (non-hydrogen) atoms. The summed E-state index contributed by atoms with van der Waals surface area (Å²) in [5.41, 5.74) is 1.16. The zero-order valence-corrected chi connectivity index (χ0v) is 13.2. The van der Waals surface area contributed by atoms with Crippen LogP contribution in [0.5, 0.6) is 11.5 Å². The van der Waals surface area contributed by atoms with Gasteiger partial charge in [0.15, 0.2) is 6.10 Å². The van der Waals surface area contributed by atoms with Gasteiger partial charge in [0.2, 0.25) is 0 Å². The minimum atomic E-state index is -0.667. The van der Waals surface area contributed by atoms with Gasteiger partial charge in [-0.25, -0.2) is 4.39 Å². The van der Waals surface area contributed by atoms with Gasteiger partial charge in [-0.05, 0) is 50.2 Å². The number of amides is 1. The summed E-state index contributed by atoms with van der Waals surface area (Å²) in [5, 5.41) is 2.73. The minimum Gasteiger partial charge on any atom is -0.492 e. The fourth-order valence-corrected chi connectivity index (χ4v) is 1.89. The second-order valence-corrected chi connectivity index (χ2v) is 5.17. The molecule has 2 aromatic rings. The van der Waals surface area contributed by atoms with Gasteiger partial charge in [-0.3, -0.25) is 4.79 Å². The molecule has 2 rings (SSSR count). The number of carbonyl (C=O) groups is 1. The Morgan fingerprint density at radius 1 is 1.09 bits per heavy atom. The van der Waals surface area contributed by atoms with Gasteiger partial charge in [0.25, 0.3) is 5.91 Å². The summed E-state index contributed by atoms with van der Waals surface area (Å²) in [4.78, 5) is 11.9. The van der Waals surface area contributed by atoms with Crippen LogP contribution in [0.1, 0.15) is 12.5 Å². The van der Waals surface area contributed by atoms with E-state index < -0.39 is 6.10 Å². The van der Waals surface area contributed by atoms with Crippen molar-refractivity contribution in [3.63, 3.8) is 0 Å². The Balaban J connectivity index is 1.69. The highest BCUT2D eigenvalue weighted by Crippen LogP contribution is 2.13. The van der Waals surface area contributed by atoms with Crippen LogP contribution in [0.3, 0.4) is 0 Å². The number of carbonyl (C=O) groups excluding carboxylic acids is 1. The number of ether oxygens (including phenoxy) is 2. The van der Waals surface area contributed by atoms with E-state index in [1.807, 2.05) is 31.2 Å². The van der Waals surface area contributed by atoms with Gasteiger partial charge in [0.1, 0.15) is 23.9 Å². The lowest BCUT2D eigenvalue weighted by atomic mass is 10.2. The number of nitrogens with one attached hydrogen (secondary N) is 1. The van der Waals surface area contributed by atoms with Crippen molar-refractivity contribution in [2.45, 2.75) is 20.0 Å². The fraction of sp³-hybridized carbons (Fsp3) is 0.278. The molecule has 0 radical (unpaired) electrons. The van der Waals surface area contributed by atoms with Crippen LogP contribution in [0.15, 0.2) is 48.5 Å². The standard InChI is InChI=1S/C18H20FNO3/c1-13-3-7-16(8-4-13)22-12-11-20-18(21)14(2)23-17-9-5-15(19)6-10-17/h3-10,14H,11-12H2,1-2H3,(H,20,21). The zero-order chi connectivity index (χ0) is 16.7. The van der Waals surface area contributed by atoms with Crippen molar-refractivity contribution in [1.29, 1.82) is 0 Å². The topological polar surface area (TPSA) is 47.6 Å². The van der Waals surface area contributed by atoms with Gasteiger partial charge in [-0.2, -0.15) is 0 Å². The Morgan fingerprint density at radius 2 is 1.70 bits per heavy atom. The summed E-state index contributed by atoms with van der Waals surface area (Å²) in [7, 11) is 0. The molecule has 1 N–H and O–H groups in total. The average molecular weight is 317 g/mol. The normalized spacial score (nSPS) is 11.6. The molecule has 0 heterocycles. The Labute approximate surface area is 135 Å². The fourth-order valence-electron chi connectivity index (χ4n) is 1.89. The second kappa shape index (κ2) is 8.17. The highest BCUT2D eigenvalue weighted by Gasteiger charge is 2.14. The predicted molar refractivity (Wildman–Crippen MR) is 86.2 cm³/mol. The summed E-state index contributed by atoms with van der Waals surface area (Å²) < 4.78 is 23.8. The van der Waals surface area contributed by atoms with E-state index in [1.54, 1.807) is 6.92 Å². The molecule has 0 aliphatic carbocycles. The molecule has 122 valence electrons. The molecule has 0 saturated carbocycles. The van der Waals surface area contributed by atoms with Crippen molar-refractivity contribution < 1.29 is 18.7 Å². The van der Waals surface area contributed by atoms with E-state index in [0.717, 1.165) is 11.3 Å². The van der Waals surface area contributed by atoms with Crippen molar-refractivity contribution in [2.24, 2.45) is 0 Å². The highest BCUT2D eigenvalue weighted by molar-refractivity contribution is 5.80. The average Bonchev–Trinajstić information content (AvgIpc) is 2.55. The summed E-state index contributed by atoms with van der Waals surface area (Å²) >= 11 is 0. The van der Waals surface area contributed by atoms with Gasteiger partial charge in [-0.15, -0.1) is 0 Å². The number of hydrogen-bond donors (Lipinski definition) is 1. The zero-order valence-electron chi connectivity index (χ0n) is 13.2. The third-order valence-corrected chi connectivity index (χ3v) is 3.19. The predicted octanol–water partition coefficient (Wildman–Crippen LogP) is 3.10. The van der Waals surface area contributed by atoms with Gasteiger partial charge < -0.3 is 14.8 Å². The number of aryl methyl sites for hydroxylation is 1. The quantitative estimate of drug-likeness (QED) is 0.798. The van der Waals surface area contributed by atoms with Crippen LogP contribution >= 0.6 is 0 Å². The van der Waals surface area contributed by atoms with Crippen LogP contribution in [0.2, 0.25) is 0 Å². The third kappa shape index (κ3) is 5.62. The third-order valence-electron chi connectivity index (χ3n) is 3.19. The summed E-state index contributed by atoms with van der Waals surface area (Å²) in [6.07, 6.45) is -0.667. The second-order valence-electron chi connectivity index (χ2n) is 5.17. The van der Waals surface area contributed by atoms with Crippen molar-refractivity contribution in [3.05, 3.63) is 59.9 Å². The monoisotopic (exact) mass is 317 g/mol. The number of rotatable bonds is 7. The van der Waals surface area contributed by atoms with E-state index in [2.05, 4.69) is 5.32 Å². The van der Waals surface area contributed by atoms with Gasteiger partial charge >= 0.3 is 0 Å². The van der Waals surface area contributed by atoms with Crippen LogP contribution in [0.4, 0.5) is 4.39 Å². The molecular weight excluding hydrogens is 297 g/mol. The van der Waals surface area contributed by atoms with Crippen molar-refractivity contribution in [2.75, 3.05) is 13.2 Å². The Bertz CT molecular complexity index is 626. The number of hydrogen-bond acceptors (Lipinski definition) is 3. The first-order chi connectivity index (χ1) is 11.0. The SMILES string of the molecule is Cc1ccc(OCCNC(=O)C(C)Oc2ccc(F)cc2)cc1. The summed E-state index contributed by atoms with van der Waals surface area (Å²) in [6, 6.07) is 13.2. The van der Waals surface area contributed by atoms with E-state index in [4.69, 9.17) is 9.47 Å². The molecule has 0 saturated heterocycles. The molecule has 4 nitrogen and oxygen atoms in total. The van der Waals surface area contributed by atoms with Gasteiger partial charge in [-0.1, -0.05) is 17.7 Å². The van der Waals surface area contributed by atoms with Crippen molar-refractivity contribution in [3.8, 4) is 11.5 Å². The van der Waals surface area contributed by atoms with Crippen LogP contribution in [0, 0.1) is 12.7 Å². The summed E-state index contributed by atoms with van der Waals surface area (Å²) in [5.74, 6) is 0.620. The molecule has 2 aromatic carbocycles. The molecule has 1 atom stereocenters. The van der Waals surface area contributed by atoms with Gasteiger partial charge in [0, 0.05) is 0 Å². The Kier molecular flexibility index (Phi) is 5.97. The maximum atomic E-state index is 12.8. The Hall–Kier alpha value is -2.56. The molecule has 1 amide bonds. The molecule has 0 aliphatic rings. The first kappa shape index (κ1) is 16.8. The lowest BCUT2D eigenvalue weighted by Crippen LogP contribution is -2.38. The van der Waals surface area contributed by atoms with Crippen LogP contribution < -0.4 is 14.8 Å². The summed E-state index contributed by atoms with van der Waals surface area (Å²) in [6.45, 7) is 4.40. The molecular formula is C18H20FNO3. The number of halogens is 1. The van der Waals surface area contributed by atoms with Crippen LogP contribution in [-0.4, -0.2) is 25.2 Å². The highest BCUT2D eigenvalue weighted by atomic mass is 19.1. The van der Waals surface area contributed by atoms with E-state index in [9.17, 15) is 9.18 Å². The smallest absolute Gasteiger partial charge is 0.260 e. The largest absolute Gasteiger partial charge is 0.492 e. The number of benzene rings is 2.